The van der Waals surface area contributed by atoms with Gasteiger partial charge in [-0.05, 0) is 50.5 Å². The Morgan fingerprint density at radius 2 is 1.67 bits per heavy atom. The van der Waals surface area contributed by atoms with Crippen LogP contribution in [0.15, 0.2) is 10.1 Å². The van der Waals surface area contributed by atoms with Crippen molar-refractivity contribution in [3.05, 3.63) is 10.1 Å². The molecular formula is C9H16BrNO. The summed E-state index contributed by atoms with van der Waals surface area (Å²) in [5.74, 6) is -0.0532. The van der Waals surface area contributed by atoms with Gasteiger partial charge in [-0.1, -0.05) is 5.57 Å². The van der Waals surface area contributed by atoms with Crippen molar-refractivity contribution in [1.82, 2.24) is 5.32 Å². The van der Waals surface area contributed by atoms with Gasteiger partial charge in [-0.25, -0.2) is 0 Å². The fraction of sp³-hybridized carbons (Fsp3) is 0.667. The van der Waals surface area contributed by atoms with Crippen LogP contribution < -0.4 is 5.32 Å². The molecule has 0 spiro atoms. The van der Waals surface area contributed by atoms with Gasteiger partial charge in [0.15, 0.2) is 0 Å². The van der Waals surface area contributed by atoms with Gasteiger partial charge >= 0.3 is 0 Å². The highest BCUT2D eigenvalue weighted by Crippen LogP contribution is 2.12. The fourth-order valence-electron chi connectivity index (χ4n) is 0.623. The van der Waals surface area contributed by atoms with Gasteiger partial charge in [0.05, 0.1) is 4.48 Å². The molecule has 0 saturated carbocycles. The molecule has 0 heterocycles. The van der Waals surface area contributed by atoms with Crippen LogP contribution in [0, 0.1) is 0 Å². The van der Waals surface area contributed by atoms with E-state index in [1.165, 1.54) is 0 Å². The van der Waals surface area contributed by atoms with E-state index < -0.39 is 0 Å². The average molecular weight is 234 g/mol. The first-order valence-corrected chi connectivity index (χ1v) is 4.69. The number of hydrogen-bond acceptors (Lipinski definition) is 1. The third kappa shape index (κ3) is 4.54. The zero-order valence-corrected chi connectivity index (χ0v) is 9.87. The van der Waals surface area contributed by atoms with E-state index in [2.05, 4.69) is 21.2 Å². The van der Waals surface area contributed by atoms with Crippen molar-refractivity contribution in [2.75, 3.05) is 0 Å². The van der Waals surface area contributed by atoms with Gasteiger partial charge in [0.2, 0.25) is 0 Å². The molecular weight excluding hydrogens is 218 g/mol. The number of nitrogens with one attached hydrogen (secondary N) is 1. The monoisotopic (exact) mass is 233 g/mol. The molecule has 0 rings (SSSR count). The summed E-state index contributed by atoms with van der Waals surface area (Å²) in [6.07, 6.45) is 0. The molecule has 70 valence electrons. The van der Waals surface area contributed by atoms with Gasteiger partial charge in [-0.2, -0.15) is 0 Å². The van der Waals surface area contributed by atoms with Crippen LogP contribution in [-0.4, -0.2) is 11.4 Å². The SMILES string of the molecule is CC(C)=C(Br)C(=O)NC(C)(C)C. The predicted octanol–water partition coefficient (Wildman–Crippen LogP) is 2.59. The van der Waals surface area contributed by atoms with Gasteiger partial charge in [0, 0.05) is 5.54 Å². The summed E-state index contributed by atoms with van der Waals surface area (Å²) in [6.45, 7) is 9.65. The first-order chi connectivity index (χ1) is 5.24. The second-order valence-electron chi connectivity index (χ2n) is 4.02. The lowest BCUT2D eigenvalue weighted by Gasteiger charge is -2.20. The molecule has 1 amide bonds. The first-order valence-electron chi connectivity index (χ1n) is 3.89. The molecule has 0 aromatic carbocycles. The maximum atomic E-state index is 11.4. The van der Waals surface area contributed by atoms with Crippen LogP contribution in [0.5, 0.6) is 0 Å². The topological polar surface area (TPSA) is 29.1 Å². The third-order valence-corrected chi connectivity index (χ3v) is 2.28. The summed E-state index contributed by atoms with van der Waals surface area (Å²) in [5, 5.41) is 2.86. The standard InChI is InChI=1S/C9H16BrNO/c1-6(2)7(10)8(12)11-9(3,4)5/h1-5H3,(H,11,12). The molecule has 1 N–H and O–H groups in total. The Hall–Kier alpha value is -0.310. The highest BCUT2D eigenvalue weighted by molar-refractivity contribution is 9.12. The van der Waals surface area contributed by atoms with Crippen LogP contribution in [0.3, 0.4) is 0 Å². The zero-order chi connectivity index (χ0) is 9.94. The maximum Gasteiger partial charge on any atom is 0.258 e. The van der Waals surface area contributed by atoms with Crippen molar-refractivity contribution in [1.29, 1.82) is 0 Å². The summed E-state index contributed by atoms with van der Waals surface area (Å²) in [7, 11) is 0. The number of rotatable bonds is 1. The lowest BCUT2D eigenvalue weighted by molar-refractivity contribution is -0.118. The molecule has 0 aromatic heterocycles. The van der Waals surface area contributed by atoms with Crippen molar-refractivity contribution in [2.24, 2.45) is 0 Å². The normalized spacial score (nSPS) is 10.8. The molecule has 0 atom stereocenters. The molecule has 0 saturated heterocycles. The largest absolute Gasteiger partial charge is 0.347 e. The summed E-state index contributed by atoms with van der Waals surface area (Å²) in [4.78, 5) is 11.4. The molecule has 0 bridgehead atoms. The predicted molar refractivity (Wildman–Crippen MR) is 55.2 cm³/mol. The molecule has 0 aromatic rings. The number of carbonyl (C=O) groups excluding carboxylic acids is 1. The van der Waals surface area contributed by atoms with Gasteiger partial charge in [-0.15, -0.1) is 0 Å². The molecule has 0 fully saturated rings. The Morgan fingerprint density at radius 3 is 1.92 bits per heavy atom. The van der Waals surface area contributed by atoms with E-state index in [0.717, 1.165) is 5.57 Å². The van der Waals surface area contributed by atoms with Crippen LogP contribution in [0.4, 0.5) is 0 Å². The van der Waals surface area contributed by atoms with Crippen LogP contribution in [0.25, 0.3) is 0 Å². The summed E-state index contributed by atoms with van der Waals surface area (Å²) in [6, 6.07) is 0. The molecule has 12 heavy (non-hydrogen) atoms. The van der Waals surface area contributed by atoms with Crippen LogP contribution >= 0.6 is 15.9 Å². The minimum absolute atomic E-state index is 0.0532. The van der Waals surface area contributed by atoms with Crippen LogP contribution in [0.1, 0.15) is 34.6 Å². The minimum atomic E-state index is -0.175. The number of amides is 1. The van der Waals surface area contributed by atoms with Crippen LogP contribution in [0.2, 0.25) is 0 Å². The Morgan fingerprint density at radius 1 is 1.25 bits per heavy atom. The van der Waals surface area contributed by atoms with E-state index in [1.807, 2.05) is 34.6 Å². The smallest absolute Gasteiger partial charge is 0.258 e. The number of carbonyl (C=O) groups is 1. The van der Waals surface area contributed by atoms with Crippen LogP contribution in [-0.2, 0) is 4.79 Å². The van der Waals surface area contributed by atoms with E-state index in [9.17, 15) is 4.79 Å². The molecule has 0 aliphatic rings. The van der Waals surface area contributed by atoms with E-state index in [1.54, 1.807) is 0 Å². The molecule has 0 radical (unpaired) electrons. The van der Waals surface area contributed by atoms with Gasteiger partial charge in [-0.3, -0.25) is 4.79 Å². The van der Waals surface area contributed by atoms with Gasteiger partial charge in [0.25, 0.3) is 5.91 Å². The molecule has 2 nitrogen and oxygen atoms in total. The Bertz CT molecular complexity index is 209. The van der Waals surface area contributed by atoms with E-state index in [-0.39, 0.29) is 11.4 Å². The number of hydrogen-bond donors (Lipinski definition) is 1. The lowest BCUT2D eigenvalue weighted by atomic mass is 10.1. The van der Waals surface area contributed by atoms with E-state index >= 15 is 0 Å². The lowest BCUT2D eigenvalue weighted by Crippen LogP contribution is -2.40. The summed E-state index contributed by atoms with van der Waals surface area (Å²) in [5.41, 5.74) is 0.808. The van der Waals surface area contributed by atoms with Gasteiger partial charge < -0.3 is 5.32 Å². The van der Waals surface area contributed by atoms with Crippen molar-refractivity contribution in [3.8, 4) is 0 Å². The molecule has 0 aliphatic carbocycles. The Kier molecular flexibility index (Phi) is 3.97. The second-order valence-corrected chi connectivity index (χ2v) is 4.81. The summed E-state index contributed by atoms with van der Waals surface area (Å²) < 4.78 is 0.623. The van der Waals surface area contributed by atoms with Crippen molar-refractivity contribution in [3.63, 3.8) is 0 Å². The highest BCUT2D eigenvalue weighted by atomic mass is 79.9. The van der Waals surface area contributed by atoms with Crippen molar-refractivity contribution >= 4 is 21.8 Å². The van der Waals surface area contributed by atoms with Crippen molar-refractivity contribution < 1.29 is 4.79 Å². The molecule has 3 heteroatoms. The van der Waals surface area contributed by atoms with Crippen molar-refractivity contribution in [2.45, 2.75) is 40.2 Å². The first kappa shape index (κ1) is 11.7. The number of allylic oxidation sites excluding steroid dienone is 1. The van der Waals surface area contributed by atoms with E-state index in [4.69, 9.17) is 0 Å². The average Bonchev–Trinajstić information content (AvgIpc) is 1.82. The quantitative estimate of drug-likeness (QED) is 0.694. The zero-order valence-electron chi connectivity index (χ0n) is 8.29. The highest BCUT2D eigenvalue weighted by Gasteiger charge is 2.15. The molecule has 0 aliphatic heterocycles. The van der Waals surface area contributed by atoms with E-state index in [0.29, 0.717) is 4.48 Å². The minimum Gasteiger partial charge on any atom is -0.347 e. The number of halogens is 1. The fourth-order valence-corrected chi connectivity index (χ4v) is 0.722. The van der Waals surface area contributed by atoms with Gasteiger partial charge in [0.1, 0.15) is 0 Å². The third-order valence-electron chi connectivity index (χ3n) is 1.13. The molecule has 0 unspecified atom stereocenters. The Labute approximate surface area is 82.5 Å². The second kappa shape index (κ2) is 4.08. The Balaban J connectivity index is 4.36. The maximum absolute atomic E-state index is 11.4. The summed E-state index contributed by atoms with van der Waals surface area (Å²) >= 11 is 3.23.